The Morgan fingerprint density at radius 2 is 1.83 bits per heavy atom. The number of likely N-dealkylation sites (tertiary alicyclic amines) is 1. The second-order valence-electron chi connectivity index (χ2n) is 6.83. The second-order valence-corrected chi connectivity index (χ2v) is 6.83. The van der Waals surface area contributed by atoms with Gasteiger partial charge in [0, 0.05) is 19.1 Å². The van der Waals surface area contributed by atoms with E-state index in [2.05, 4.69) is 6.07 Å². The van der Waals surface area contributed by atoms with E-state index in [9.17, 15) is 14.4 Å². The molecule has 0 radical (unpaired) electrons. The molecule has 0 saturated carbocycles. The maximum absolute atomic E-state index is 12.7. The van der Waals surface area contributed by atoms with Gasteiger partial charge in [-0.25, -0.2) is 0 Å². The molecule has 2 amide bonds. The number of aryl methyl sites for hydroxylation is 1. The number of ketones is 1. The predicted octanol–water partition coefficient (Wildman–Crippen LogP) is 1.31. The van der Waals surface area contributed by atoms with E-state index in [-0.39, 0.29) is 23.6 Å². The van der Waals surface area contributed by atoms with E-state index in [1.165, 1.54) is 4.90 Å². The van der Waals surface area contributed by atoms with Crippen LogP contribution in [0.5, 0.6) is 0 Å². The SMILES string of the molecule is CCN1C(=O)[C@@H]2[C@H](C1=O)[C@@H]1C=CC(=O)[C@H]2N1Cc1cccc(C)c1. The van der Waals surface area contributed by atoms with Crippen molar-refractivity contribution in [3.63, 3.8) is 0 Å². The number of hydrogen-bond donors (Lipinski definition) is 0. The van der Waals surface area contributed by atoms with Crippen LogP contribution in [0.4, 0.5) is 0 Å². The summed E-state index contributed by atoms with van der Waals surface area (Å²) in [6.45, 7) is 4.78. The molecule has 2 fully saturated rings. The van der Waals surface area contributed by atoms with Crippen LogP contribution in [0.2, 0.25) is 0 Å². The lowest BCUT2D eigenvalue weighted by atomic mass is 9.90. The number of hydrogen-bond acceptors (Lipinski definition) is 4. The zero-order chi connectivity index (χ0) is 17.0. The van der Waals surface area contributed by atoms with E-state index in [1.54, 1.807) is 13.0 Å². The molecule has 0 spiro atoms. The topological polar surface area (TPSA) is 57.7 Å². The van der Waals surface area contributed by atoms with Gasteiger partial charge in [0.2, 0.25) is 11.8 Å². The summed E-state index contributed by atoms with van der Waals surface area (Å²) in [5.41, 5.74) is 2.25. The van der Waals surface area contributed by atoms with Gasteiger partial charge in [-0.1, -0.05) is 35.9 Å². The molecule has 5 heteroatoms. The van der Waals surface area contributed by atoms with Gasteiger partial charge < -0.3 is 0 Å². The van der Waals surface area contributed by atoms with Crippen molar-refractivity contribution >= 4 is 17.6 Å². The monoisotopic (exact) mass is 324 g/mol. The van der Waals surface area contributed by atoms with Crippen molar-refractivity contribution in [1.82, 2.24) is 9.80 Å². The predicted molar refractivity (Wildman–Crippen MR) is 87.8 cm³/mol. The highest BCUT2D eigenvalue weighted by atomic mass is 16.2. The maximum atomic E-state index is 12.7. The zero-order valence-corrected chi connectivity index (χ0v) is 13.8. The minimum Gasteiger partial charge on any atom is -0.293 e. The van der Waals surface area contributed by atoms with E-state index in [4.69, 9.17) is 0 Å². The Morgan fingerprint density at radius 1 is 1.08 bits per heavy atom. The summed E-state index contributed by atoms with van der Waals surface area (Å²) < 4.78 is 0. The largest absolute Gasteiger partial charge is 0.293 e. The van der Waals surface area contributed by atoms with E-state index >= 15 is 0 Å². The molecule has 3 aliphatic rings. The summed E-state index contributed by atoms with van der Waals surface area (Å²) in [6, 6.07) is 7.43. The lowest BCUT2D eigenvalue weighted by molar-refractivity contribution is -0.142. The van der Waals surface area contributed by atoms with Crippen LogP contribution in [0.25, 0.3) is 0 Å². The fourth-order valence-corrected chi connectivity index (χ4v) is 4.46. The highest BCUT2D eigenvalue weighted by Gasteiger charge is 2.63. The molecule has 2 bridgehead atoms. The van der Waals surface area contributed by atoms with Crippen LogP contribution >= 0.6 is 0 Å². The van der Waals surface area contributed by atoms with Crippen molar-refractivity contribution in [1.29, 1.82) is 0 Å². The van der Waals surface area contributed by atoms with Gasteiger partial charge in [-0.2, -0.15) is 0 Å². The number of benzene rings is 1. The number of carbonyl (C=O) groups excluding carboxylic acids is 3. The van der Waals surface area contributed by atoms with Crippen LogP contribution in [0.3, 0.4) is 0 Å². The number of rotatable bonds is 3. The quantitative estimate of drug-likeness (QED) is 0.787. The first-order valence-corrected chi connectivity index (χ1v) is 8.41. The molecule has 3 heterocycles. The third kappa shape index (κ3) is 2.01. The molecule has 0 aliphatic carbocycles. The molecule has 0 N–H and O–H groups in total. The summed E-state index contributed by atoms with van der Waals surface area (Å²) in [7, 11) is 0. The first kappa shape index (κ1) is 15.3. The van der Waals surface area contributed by atoms with E-state index in [0.717, 1.165) is 11.1 Å². The third-order valence-corrected chi connectivity index (χ3v) is 5.45. The maximum Gasteiger partial charge on any atom is 0.235 e. The number of imide groups is 1. The van der Waals surface area contributed by atoms with Crippen LogP contribution in [-0.2, 0) is 20.9 Å². The number of fused-ring (bicyclic) bond motifs is 5. The fraction of sp³-hybridized carbons (Fsp3) is 0.421. The van der Waals surface area contributed by atoms with E-state index < -0.39 is 17.9 Å². The number of carbonyl (C=O) groups is 3. The van der Waals surface area contributed by atoms with Crippen LogP contribution in [-0.4, -0.2) is 46.0 Å². The summed E-state index contributed by atoms with van der Waals surface area (Å²) >= 11 is 0. The molecule has 5 nitrogen and oxygen atoms in total. The normalized spacial score (nSPS) is 31.9. The number of amides is 2. The summed E-state index contributed by atoms with van der Waals surface area (Å²) in [6.07, 6.45) is 3.36. The van der Waals surface area contributed by atoms with Crippen molar-refractivity contribution in [2.75, 3.05) is 6.54 Å². The molecule has 4 atom stereocenters. The van der Waals surface area contributed by atoms with Gasteiger partial charge >= 0.3 is 0 Å². The van der Waals surface area contributed by atoms with Crippen molar-refractivity contribution < 1.29 is 14.4 Å². The van der Waals surface area contributed by atoms with Crippen LogP contribution in [0.15, 0.2) is 36.4 Å². The van der Waals surface area contributed by atoms with Crippen molar-refractivity contribution in [3.8, 4) is 0 Å². The summed E-state index contributed by atoms with van der Waals surface area (Å²) in [4.78, 5) is 41.2. The van der Waals surface area contributed by atoms with Crippen molar-refractivity contribution in [3.05, 3.63) is 47.5 Å². The molecule has 124 valence electrons. The van der Waals surface area contributed by atoms with Gasteiger partial charge in [0.15, 0.2) is 5.78 Å². The Hall–Kier alpha value is -2.27. The smallest absolute Gasteiger partial charge is 0.235 e. The van der Waals surface area contributed by atoms with Gasteiger partial charge in [-0.3, -0.25) is 24.2 Å². The zero-order valence-electron chi connectivity index (χ0n) is 13.8. The Balaban J connectivity index is 1.71. The lowest BCUT2D eigenvalue weighted by Crippen LogP contribution is -2.48. The van der Waals surface area contributed by atoms with Gasteiger partial charge in [-0.15, -0.1) is 0 Å². The molecule has 24 heavy (non-hydrogen) atoms. The molecule has 1 aromatic carbocycles. The standard InChI is InChI=1S/C19H20N2O3/c1-3-20-18(23)15-13-7-8-14(22)17(16(15)19(20)24)21(13)10-12-6-4-5-11(2)9-12/h4-9,13,15-17H,3,10H2,1-2H3/t13-,15+,16+,17+/m0/s1. The van der Waals surface area contributed by atoms with Crippen molar-refractivity contribution in [2.45, 2.75) is 32.5 Å². The van der Waals surface area contributed by atoms with Gasteiger partial charge in [-0.05, 0) is 25.5 Å². The highest BCUT2D eigenvalue weighted by molar-refractivity contribution is 6.11. The first-order chi connectivity index (χ1) is 11.5. The summed E-state index contributed by atoms with van der Waals surface area (Å²) in [5, 5.41) is 0. The summed E-state index contributed by atoms with van der Waals surface area (Å²) in [5.74, 6) is -1.34. The minimum atomic E-state index is -0.533. The molecule has 0 unspecified atom stereocenters. The van der Waals surface area contributed by atoms with Crippen molar-refractivity contribution in [2.24, 2.45) is 11.8 Å². The fourth-order valence-electron chi connectivity index (χ4n) is 4.46. The Bertz CT molecular complexity index is 770. The van der Waals surface area contributed by atoms with E-state index in [0.29, 0.717) is 13.1 Å². The molecule has 2 saturated heterocycles. The van der Waals surface area contributed by atoms with E-state index in [1.807, 2.05) is 36.1 Å². The Kier molecular flexibility index (Phi) is 3.42. The molecule has 4 rings (SSSR count). The minimum absolute atomic E-state index is 0.0643. The Labute approximate surface area is 140 Å². The highest BCUT2D eigenvalue weighted by Crippen LogP contribution is 2.46. The van der Waals surface area contributed by atoms with Gasteiger partial charge in [0.25, 0.3) is 0 Å². The van der Waals surface area contributed by atoms with Crippen LogP contribution in [0, 0.1) is 18.8 Å². The molecular weight excluding hydrogens is 304 g/mol. The van der Waals surface area contributed by atoms with Crippen LogP contribution < -0.4 is 0 Å². The molecule has 0 aromatic heterocycles. The number of nitrogens with zero attached hydrogens (tertiary/aromatic N) is 2. The van der Waals surface area contributed by atoms with Gasteiger partial charge in [0.05, 0.1) is 17.9 Å². The third-order valence-electron chi connectivity index (χ3n) is 5.45. The Morgan fingerprint density at radius 3 is 2.54 bits per heavy atom. The van der Waals surface area contributed by atoms with Crippen LogP contribution in [0.1, 0.15) is 18.1 Å². The first-order valence-electron chi connectivity index (χ1n) is 8.41. The second kappa shape index (κ2) is 5.38. The molecule has 3 aliphatic heterocycles. The molecule has 1 aromatic rings. The average Bonchev–Trinajstić information content (AvgIpc) is 2.92. The lowest BCUT2D eigenvalue weighted by Gasteiger charge is -2.33. The molecular formula is C19H20N2O3. The van der Waals surface area contributed by atoms with Gasteiger partial charge in [0.1, 0.15) is 0 Å². The average molecular weight is 324 g/mol.